The van der Waals surface area contributed by atoms with Crippen LogP contribution in [-0.4, -0.2) is 17.6 Å². The van der Waals surface area contributed by atoms with Gasteiger partial charge in [-0.25, -0.2) is 0 Å². The highest BCUT2D eigenvalue weighted by Gasteiger charge is 2.08. The Morgan fingerprint density at radius 3 is 2.50 bits per heavy atom. The fourth-order valence-electron chi connectivity index (χ4n) is 1.53. The minimum Gasteiger partial charge on any atom is -0.352 e. The third-order valence-electron chi connectivity index (χ3n) is 2.62. The predicted molar refractivity (Wildman–Crippen MR) is 77.1 cm³/mol. The molecule has 0 aromatic heterocycles. The fourth-order valence-corrected chi connectivity index (χ4v) is 1.53. The van der Waals surface area contributed by atoms with Crippen molar-refractivity contribution in [2.24, 2.45) is 5.92 Å². The van der Waals surface area contributed by atoms with Crippen LogP contribution in [-0.2, 0) is 20.9 Å². The molecule has 5 nitrogen and oxygen atoms in total. The summed E-state index contributed by atoms with van der Waals surface area (Å²) >= 11 is 0. The molecule has 2 N–H and O–H groups in total. The highest BCUT2D eigenvalue weighted by molar-refractivity contribution is 5.96. The molecule has 0 saturated heterocycles. The van der Waals surface area contributed by atoms with Crippen LogP contribution in [0.2, 0.25) is 0 Å². The molecule has 0 bridgehead atoms. The van der Waals surface area contributed by atoms with Gasteiger partial charge in [0, 0.05) is 18.2 Å². The van der Waals surface area contributed by atoms with Gasteiger partial charge in [-0.15, -0.1) is 0 Å². The maximum Gasteiger partial charge on any atom is 0.227 e. The van der Waals surface area contributed by atoms with Crippen molar-refractivity contribution in [2.75, 3.05) is 5.32 Å². The Kier molecular flexibility index (Phi) is 5.90. The van der Waals surface area contributed by atoms with E-state index in [1.54, 1.807) is 12.1 Å². The largest absolute Gasteiger partial charge is 0.352 e. The van der Waals surface area contributed by atoms with Gasteiger partial charge in [-0.05, 0) is 24.6 Å². The van der Waals surface area contributed by atoms with Crippen molar-refractivity contribution >= 4 is 23.3 Å². The van der Waals surface area contributed by atoms with E-state index in [1.807, 2.05) is 26.0 Å². The highest BCUT2D eigenvalue weighted by atomic mass is 16.2. The number of carbonyl (C=O) groups excluding carboxylic acids is 3. The number of anilines is 1. The van der Waals surface area contributed by atoms with Crippen molar-refractivity contribution in [2.45, 2.75) is 33.7 Å². The summed E-state index contributed by atoms with van der Waals surface area (Å²) in [6.45, 7) is 5.35. The number of nitrogens with one attached hydrogen (secondary N) is 2. The van der Waals surface area contributed by atoms with Gasteiger partial charge >= 0.3 is 0 Å². The van der Waals surface area contributed by atoms with Crippen LogP contribution >= 0.6 is 0 Å². The van der Waals surface area contributed by atoms with Crippen molar-refractivity contribution < 1.29 is 14.4 Å². The average molecular weight is 276 g/mol. The highest BCUT2D eigenvalue weighted by Crippen LogP contribution is 2.12. The first-order valence-corrected chi connectivity index (χ1v) is 6.54. The van der Waals surface area contributed by atoms with E-state index in [0.29, 0.717) is 12.2 Å². The van der Waals surface area contributed by atoms with Crippen molar-refractivity contribution in [1.82, 2.24) is 5.32 Å². The van der Waals surface area contributed by atoms with Gasteiger partial charge in [-0.2, -0.15) is 0 Å². The van der Waals surface area contributed by atoms with Gasteiger partial charge in [0.15, 0.2) is 0 Å². The second kappa shape index (κ2) is 7.43. The number of carbonyl (C=O) groups is 3. The number of hydrogen-bond acceptors (Lipinski definition) is 3. The monoisotopic (exact) mass is 276 g/mol. The maximum absolute atomic E-state index is 11.6. The molecule has 108 valence electrons. The summed E-state index contributed by atoms with van der Waals surface area (Å²) < 4.78 is 0. The van der Waals surface area contributed by atoms with E-state index in [-0.39, 0.29) is 29.9 Å². The van der Waals surface area contributed by atoms with Crippen LogP contribution in [0.3, 0.4) is 0 Å². The zero-order valence-corrected chi connectivity index (χ0v) is 12.0. The lowest BCUT2D eigenvalue weighted by molar-refractivity contribution is -0.127. The second-order valence-corrected chi connectivity index (χ2v) is 5.00. The van der Waals surface area contributed by atoms with E-state index in [2.05, 4.69) is 10.6 Å². The predicted octanol–water partition coefficient (Wildman–Crippen LogP) is 1.88. The van der Waals surface area contributed by atoms with Crippen molar-refractivity contribution in [3.8, 4) is 0 Å². The summed E-state index contributed by atoms with van der Waals surface area (Å²) in [5.74, 6) is -0.605. The smallest absolute Gasteiger partial charge is 0.227 e. The zero-order valence-electron chi connectivity index (χ0n) is 12.0. The second-order valence-electron chi connectivity index (χ2n) is 5.00. The molecule has 20 heavy (non-hydrogen) atoms. The molecule has 1 aromatic rings. The molecule has 2 amide bonds. The summed E-state index contributed by atoms with van der Waals surface area (Å²) in [6.07, 6.45) is -0.107. The number of rotatable bonds is 6. The van der Waals surface area contributed by atoms with Crippen molar-refractivity contribution in [3.05, 3.63) is 29.8 Å². The molecule has 0 aliphatic rings. The van der Waals surface area contributed by atoms with Crippen LogP contribution in [0.15, 0.2) is 24.3 Å². The molecule has 0 fully saturated rings. The Morgan fingerprint density at radius 2 is 1.90 bits per heavy atom. The average Bonchev–Trinajstić information content (AvgIpc) is 2.36. The lowest BCUT2D eigenvalue weighted by Crippen LogP contribution is -2.24. The van der Waals surface area contributed by atoms with Crippen molar-refractivity contribution in [3.63, 3.8) is 0 Å². The maximum atomic E-state index is 11.6. The molecule has 0 radical (unpaired) electrons. The molecule has 0 aliphatic carbocycles. The van der Waals surface area contributed by atoms with Crippen molar-refractivity contribution in [1.29, 1.82) is 0 Å². The Balaban J connectivity index is 2.58. The van der Waals surface area contributed by atoms with Gasteiger partial charge in [0.2, 0.25) is 11.8 Å². The number of benzene rings is 1. The Bertz CT molecular complexity index is 510. The molecule has 0 spiro atoms. The fraction of sp³-hybridized carbons (Fsp3) is 0.400. The van der Waals surface area contributed by atoms with Crippen LogP contribution in [0.4, 0.5) is 5.69 Å². The quantitative estimate of drug-likeness (QED) is 0.779. The first kappa shape index (κ1) is 15.9. The normalized spacial score (nSPS) is 10.2. The lowest BCUT2D eigenvalue weighted by atomic mass is 10.1. The van der Waals surface area contributed by atoms with Gasteiger partial charge in [0.1, 0.15) is 5.78 Å². The van der Waals surface area contributed by atoms with Crippen LogP contribution in [0.5, 0.6) is 0 Å². The molecule has 0 aliphatic heterocycles. The summed E-state index contributed by atoms with van der Waals surface area (Å²) in [4.78, 5) is 33.8. The number of hydrogen-bond donors (Lipinski definition) is 2. The Hall–Kier alpha value is -2.17. The van der Waals surface area contributed by atoms with Gasteiger partial charge in [-0.1, -0.05) is 26.0 Å². The van der Waals surface area contributed by atoms with Crippen LogP contribution in [0, 0.1) is 5.92 Å². The van der Waals surface area contributed by atoms with E-state index in [9.17, 15) is 14.4 Å². The topological polar surface area (TPSA) is 75.3 Å². The minimum atomic E-state index is -0.297. The summed E-state index contributed by atoms with van der Waals surface area (Å²) in [5, 5.41) is 5.46. The first-order valence-electron chi connectivity index (χ1n) is 6.54. The molecule has 5 heteroatoms. The zero-order chi connectivity index (χ0) is 15.1. The van der Waals surface area contributed by atoms with Gasteiger partial charge in [0.25, 0.3) is 0 Å². The lowest BCUT2D eigenvalue weighted by Gasteiger charge is -2.10. The molecular weight excluding hydrogens is 256 g/mol. The Labute approximate surface area is 118 Å². The molecular formula is C15H20N2O3. The third-order valence-corrected chi connectivity index (χ3v) is 2.62. The summed E-state index contributed by atoms with van der Waals surface area (Å²) in [6, 6.07) is 7.25. The van der Waals surface area contributed by atoms with E-state index < -0.39 is 0 Å². The standard InChI is InChI=1S/C15H20N2O3/c1-10(2)15(20)17-13-6-4-5-12(8-13)9-16-14(19)7-11(3)18/h4-6,8,10H,7,9H2,1-3H3,(H,16,19)(H,17,20). The third kappa shape index (κ3) is 5.65. The molecule has 0 atom stereocenters. The Morgan fingerprint density at radius 1 is 1.20 bits per heavy atom. The molecule has 1 rings (SSSR count). The van der Waals surface area contributed by atoms with Crippen LogP contribution < -0.4 is 10.6 Å². The number of ketones is 1. The molecule has 0 unspecified atom stereocenters. The number of Topliss-reactive ketones (excluding diaryl/α,β-unsaturated/α-hetero) is 1. The van der Waals surface area contributed by atoms with Crippen LogP contribution in [0.1, 0.15) is 32.8 Å². The number of amides is 2. The first-order chi connectivity index (χ1) is 9.38. The molecule has 0 saturated carbocycles. The summed E-state index contributed by atoms with van der Waals surface area (Å²) in [7, 11) is 0. The van der Waals surface area contributed by atoms with Crippen LogP contribution in [0.25, 0.3) is 0 Å². The van der Waals surface area contributed by atoms with E-state index in [0.717, 1.165) is 5.56 Å². The minimum absolute atomic E-state index is 0.0530. The van der Waals surface area contributed by atoms with E-state index in [4.69, 9.17) is 0 Å². The summed E-state index contributed by atoms with van der Waals surface area (Å²) in [5.41, 5.74) is 1.56. The van der Waals surface area contributed by atoms with Gasteiger partial charge in [-0.3, -0.25) is 14.4 Å². The van der Waals surface area contributed by atoms with E-state index in [1.165, 1.54) is 6.92 Å². The van der Waals surface area contributed by atoms with Gasteiger partial charge < -0.3 is 10.6 Å². The van der Waals surface area contributed by atoms with Gasteiger partial charge in [0.05, 0.1) is 6.42 Å². The van der Waals surface area contributed by atoms with E-state index >= 15 is 0 Å². The molecule has 0 heterocycles. The SMILES string of the molecule is CC(=O)CC(=O)NCc1cccc(NC(=O)C(C)C)c1. The molecule has 1 aromatic carbocycles.